The van der Waals surface area contributed by atoms with Crippen LogP contribution in [0.15, 0.2) is 30.3 Å². The van der Waals surface area contributed by atoms with Gasteiger partial charge in [-0.2, -0.15) is 5.26 Å². The second-order valence-electron chi connectivity index (χ2n) is 3.92. The van der Waals surface area contributed by atoms with Gasteiger partial charge in [0.15, 0.2) is 0 Å². The molecule has 2 rings (SSSR count). The van der Waals surface area contributed by atoms with E-state index < -0.39 is 0 Å². The summed E-state index contributed by atoms with van der Waals surface area (Å²) < 4.78 is 0.776. The number of nitriles is 1. The van der Waals surface area contributed by atoms with Gasteiger partial charge >= 0.3 is 0 Å². The molecule has 3 N–H and O–H groups in total. The zero-order valence-electron chi connectivity index (χ0n) is 9.77. The standard InChI is InChI=1S/C13H12ClN3S/c1-8(12-4-5-13(14)18-12)17-10-3-2-9(7-15)11(16)6-10/h2-6,8,17H,16H2,1H3. The Morgan fingerprint density at radius 3 is 2.72 bits per heavy atom. The van der Waals surface area contributed by atoms with E-state index in [-0.39, 0.29) is 6.04 Å². The number of halogens is 1. The lowest BCUT2D eigenvalue weighted by molar-refractivity contribution is 0.908. The van der Waals surface area contributed by atoms with Gasteiger partial charge in [0.1, 0.15) is 6.07 Å². The van der Waals surface area contributed by atoms with Gasteiger partial charge in [0.2, 0.25) is 0 Å². The predicted octanol–water partition coefficient (Wildman–Crippen LogP) is 4.03. The molecule has 1 aromatic heterocycles. The lowest BCUT2D eigenvalue weighted by Gasteiger charge is -2.14. The van der Waals surface area contributed by atoms with E-state index in [2.05, 4.69) is 12.2 Å². The molecule has 0 aliphatic carbocycles. The Hall–Kier alpha value is -1.70. The van der Waals surface area contributed by atoms with E-state index in [0.717, 1.165) is 14.9 Å². The molecule has 0 saturated heterocycles. The molecule has 0 aliphatic rings. The minimum Gasteiger partial charge on any atom is -0.398 e. The van der Waals surface area contributed by atoms with Gasteiger partial charge in [-0.15, -0.1) is 11.3 Å². The number of nitrogen functional groups attached to an aromatic ring is 1. The first-order chi connectivity index (χ1) is 8.60. The van der Waals surface area contributed by atoms with Crippen molar-refractivity contribution in [2.75, 3.05) is 11.1 Å². The van der Waals surface area contributed by atoms with Crippen molar-refractivity contribution in [1.29, 1.82) is 5.26 Å². The minimum atomic E-state index is 0.148. The monoisotopic (exact) mass is 277 g/mol. The second-order valence-corrected chi connectivity index (χ2v) is 5.67. The fourth-order valence-electron chi connectivity index (χ4n) is 1.64. The van der Waals surface area contributed by atoms with Gasteiger partial charge in [-0.1, -0.05) is 11.6 Å². The van der Waals surface area contributed by atoms with E-state index in [1.165, 1.54) is 0 Å². The topological polar surface area (TPSA) is 61.8 Å². The Kier molecular flexibility index (Phi) is 3.75. The van der Waals surface area contributed by atoms with Crippen molar-refractivity contribution in [1.82, 2.24) is 0 Å². The van der Waals surface area contributed by atoms with E-state index in [0.29, 0.717) is 11.3 Å². The third-order valence-corrected chi connectivity index (χ3v) is 3.99. The maximum absolute atomic E-state index is 8.81. The third-order valence-electron chi connectivity index (χ3n) is 2.58. The lowest BCUT2D eigenvalue weighted by Crippen LogP contribution is -2.05. The van der Waals surface area contributed by atoms with E-state index in [1.54, 1.807) is 23.5 Å². The zero-order valence-corrected chi connectivity index (χ0v) is 11.3. The number of nitrogens with zero attached hydrogens (tertiary/aromatic N) is 1. The minimum absolute atomic E-state index is 0.148. The number of nitrogens with two attached hydrogens (primary N) is 1. The molecule has 1 atom stereocenters. The summed E-state index contributed by atoms with van der Waals surface area (Å²) in [6, 6.07) is 11.4. The average Bonchev–Trinajstić information content (AvgIpc) is 2.76. The summed E-state index contributed by atoms with van der Waals surface area (Å²) >= 11 is 7.45. The molecule has 18 heavy (non-hydrogen) atoms. The molecule has 0 aliphatic heterocycles. The molecule has 0 saturated carbocycles. The number of hydrogen-bond acceptors (Lipinski definition) is 4. The number of thiophene rings is 1. The van der Waals surface area contributed by atoms with E-state index >= 15 is 0 Å². The first-order valence-electron chi connectivity index (χ1n) is 5.41. The van der Waals surface area contributed by atoms with Crippen LogP contribution in [0.3, 0.4) is 0 Å². The van der Waals surface area contributed by atoms with Gasteiger partial charge in [-0.05, 0) is 37.3 Å². The highest BCUT2D eigenvalue weighted by molar-refractivity contribution is 7.16. The highest BCUT2D eigenvalue weighted by atomic mass is 35.5. The maximum atomic E-state index is 8.81. The molecule has 0 amide bonds. The summed E-state index contributed by atoms with van der Waals surface area (Å²) in [7, 11) is 0. The van der Waals surface area contributed by atoms with Crippen molar-refractivity contribution in [3.05, 3.63) is 45.1 Å². The highest BCUT2D eigenvalue weighted by Gasteiger charge is 2.08. The molecule has 5 heteroatoms. The van der Waals surface area contributed by atoms with Crippen LogP contribution in [-0.4, -0.2) is 0 Å². The number of anilines is 2. The fourth-order valence-corrected chi connectivity index (χ4v) is 2.70. The largest absolute Gasteiger partial charge is 0.398 e. The number of nitrogens with one attached hydrogen (secondary N) is 1. The predicted molar refractivity (Wildman–Crippen MR) is 76.9 cm³/mol. The van der Waals surface area contributed by atoms with Gasteiger partial charge in [-0.3, -0.25) is 0 Å². The van der Waals surface area contributed by atoms with Gasteiger partial charge in [-0.25, -0.2) is 0 Å². The second kappa shape index (κ2) is 5.30. The Bertz CT molecular complexity index is 601. The molecule has 1 aromatic carbocycles. The normalized spacial score (nSPS) is 11.8. The smallest absolute Gasteiger partial charge is 0.101 e. The molecule has 92 valence electrons. The zero-order chi connectivity index (χ0) is 13.1. The summed E-state index contributed by atoms with van der Waals surface area (Å²) in [5.41, 5.74) is 7.64. The molecule has 1 heterocycles. The van der Waals surface area contributed by atoms with Crippen LogP contribution in [0, 0.1) is 11.3 Å². The summed E-state index contributed by atoms with van der Waals surface area (Å²) in [4.78, 5) is 1.16. The first-order valence-corrected chi connectivity index (χ1v) is 6.61. The summed E-state index contributed by atoms with van der Waals surface area (Å²) in [5, 5.41) is 12.1. The van der Waals surface area contributed by atoms with Crippen LogP contribution in [0.2, 0.25) is 4.34 Å². The van der Waals surface area contributed by atoms with Crippen molar-refractivity contribution < 1.29 is 0 Å². The van der Waals surface area contributed by atoms with Crippen molar-refractivity contribution >= 4 is 34.3 Å². The van der Waals surface area contributed by atoms with Gasteiger partial charge in [0, 0.05) is 10.6 Å². The molecular weight excluding hydrogens is 266 g/mol. The van der Waals surface area contributed by atoms with Gasteiger partial charge in [0.05, 0.1) is 21.6 Å². The van der Waals surface area contributed by atoms with Crippen LogP contribution < -0.4 is 11.1 Å². The summed E-state index contributed by atoms with van der Waals surface area (Å²) in [6.45, 7) is 2.05. The van der Waals surface area contributed by atoms with E-state index in [1.807, 2.05) is 24.3 Å². The Morgan fingerprint density at radius 2 is 2.17 bits per heavy atom. The molecule has 2 aromatic rings. The maximum Gasteiger partial charge on any atom is 0.101 e. The Balaban J connectivity index is 2.15. The van der Waals surface area contributed by atoms with Crippen LogP contribution >= 0.6 is 22.9 Å². The fraction of sp³-hybridized carbons (Fsp3) is 0.154. The van der Waals surface area contributed by atoms with Crippen LogP contribution in [0.4, 0.5) is 11.4 Å². The molecule has 0 spiro atoms. The lowest BCUT2D eigenvalue weighted by atomic mass is 10.1. The SMILES string of the molecule is CC(Nc1ccc(C#N)c(N)c1)c1ccc(Cl)s1. The molecule has 0 fully saturated rings. The van der Waals surface area contributed by atoms with Crippen LogP contribution in [0.25, 0.3) is 0 Å². The molecule has 1 unspecified atom stereocenters. The number of hydrogen-bond donors (Lipinski definition) is 2. The van der Waals surface area contributed by atoms with E-state index in [9.17, 15) is 0 Å². The van der Waals surface area contributed by atoms with Crippen molar-refractivity contribution in [2.45, 2.75) is 13.0 Å². The van der Waals surface area contributed by atoms with Crippen LogP contribution in [0.5, 0.6) is 0 Å². The van der Waals surface area contributed by atoms with Crippen LogP contribution in [0.1, 0.15) is 23.4 Å². The molecular formula is C13H12ClN3S. The number of benzene rings is 1. The van der Waals surface area contributed by atoms with E-state index in [4.69, 9.17) is 22.6 Å². The van der Waals surface area contributed by atoms with Gasteiger partial charge < -0.3 is 11.1 Å². The van der Waals surface area contributed by atoms with Crippen molar-refractivity contribution in [2.24, 2.45) is 0 Å². The third kappa shape index (κ3) is 2.76. The quantitative estimate of drug-likeness (QED) is 0.833. The number of rotatable bonds is 3. The molecule has 3 nitrogen and oxygen atoms in total. The van der Waals surface area contributed by atoms with Crippen molar-refractivity contribution in [3.8, 4) is 6.07 Å². The molecule has 0 radical (unpaired) electrons. The molecule has 0 bridgehead atoms. The summed E-state index contributed by atoms with van der Waals surface area (Å²) in [6.07, 6.45) is 0. The highest BCUT2D eigenvalue weighted by Crippen LogP contribution is 2.29. The Labute approximate surface area is 115 Å². The van der Waals surface area contributed by atoms with Gasteiger partial charge in [0.25, 0.3) is 0 Å². The first kappa shape index (κ1) is 12.7. The summed E-state index contributed by atoms with van der Waals surface area (Å²) in [5.74, 6) is 0. The van der Waals surface area contributed by atoms with Crippen molar-refractivity contribution in [3.63, 3.8) is 0 Å². The average molecular weight is 278 g/mol. The Morgan fingerprint density at radius 1 is 1.39 bits per heavy atom. The van der Waals surface area contributed by atoms with Crippen LogP contribution in [-0.2, 0) is 0 Å².